The van der Waals surface area contributed by atoms with Gasteiger partial charge in [0.2, 0.25) is 0 Å². The second-order valence-corrected chi connectivity index (χ2v) is 4.82. The second kappa shape index (κ2) is 8.09. The molecule has 0 saturated heterocycles. The van der Waals surface area contributed by atoms with E-state index in [1.54, 1.807) is 44.6 Å². The number of hydrogen-bond donors (Lipinski definition) is 2. The molecule has 0 fully saturated rings. The smallest absolute Gasteiger partial charge is 0.346 e. The van der Waals surface area contributed by atoms with Gasteiger partial charge in [0.25, 0.3) is 5.91 Å². The van der Waals surface area contributed by atoms with Crippen LogP contribution in [0.1, 0.15) is 16.9 Å². The van der Waals surface area contributed by atoms with Gasteiger partial charge < -0.3 is 19.8 Å². The van der Waals surface area contributed by atoms with Crippen LogP contribution >= 0.6 is 0 Å². The SMILES string of the molecule is COCCCNC(=O)c1cc(-c2cccc(OC)c2)nc(=O)[nH]1. The minimum absolute atomic E-state index is 0.167. The molecule has 1 heterocycles. The van der Waals surface area contributed by atoms with Gasteiger partial charge in [-0.15, -0.1) is 0 Å². The molecule has 0 bridgehead atoms. The van der Waals surface area contributed by atoms with Gasteiger partial charge in [0.1, 0.15) is 11.4 Å². The summed E-state index contributed by atoms with van der Waals surface area (Å²) in [6.45, 7) is 1.02. The number of methoxy groups -OCH3 is 2. The van der Waals surface area contributed by atoms with Crippen LogP contribution in [0.15, 0.2) is 35.1 Å². The number of ether oxygens (including phenoxy) is 2. The molecule has 0 aliphatic heterocycles. The fourth-order valence-electron chi connectivity index (χ4n) is 2.02. The van der Waals surface area contributed by atoms with Crippen LogP contribution < -0.4 is 15.7 Å². The van der Waals surface area contributed by atoms with Crippen molar-refractivity contribution >= 4 is 5.91 Å². The molecule has 0 aliphatic rings. The topological polar surface area (TPSA) is 93.3 Å². The quantitative estimate of drug-likeness (QED) is 0.749. The van der Waals surface area contributed by atoms with E-state index in [1.807, 2.05) is 0 Å². The monoisotopic (exact) mass is 317 g/mol. The number of nitrogens with zero attached hydrogens (tertiary/aromatic N) is 1. The summed E-state index contributed by atoms with van der Waals surface area (Å²) in [5.74, 6) is 0.292. The molecule has 23 heavy (non-hydrogen) atoms. The number of aromatic nitrogens is 2. The van der Waals surface area contributed by atoms with Crippen molar-refractivity contribution in [3.05, 3.63) is 46.5 Å². The summed E-state index contributed by atoms with van der Waals surface area (Å²) in [4.78, 5) is 30.2. The zero-order chi connectivity index (χ0) is 16.7. The van der Waals surface area contributed by atoms with Crippen molar-refractivity contribution in [2.75, 3.05) is 27.4 Å². The highest BCUT2D eigenvalue weighted by Crippen LogP contribution is 2.21. The highest BCUT2D eigenvalue weighted by atomic mass is 16.5. The van der Waals surface area contributed by atoms with Crippen LogP contribution in [0.2, 0.25) is 0 Å². The Morgan fingerprint density at radius 3 is 2.87 bits per heavy atom. The third kappa shape index (κ3) is 4.65. The Hall–Kier alpha value is -2.67. The van der Waals surface area contributed by atoms with Gasteiger partial charge in [0, 0.05) is 25.8 Å². The summed E-state index contributed by atoms with van der Waals surface area (Å²) >= 11 is 0. The summed E-state index contributed by atoms with van der Waals surface area (Å²) in [6.07, 6.45) is 0.695. The first-order chi connectivity index (χ1) is 11.1. The molecule has 0 saturated carbocycles. The fraction of sp³-hybridized carbons (Fsp3) is 0.312. The molecule has 2 N–H and O–H groups in total. The fourth-order valence-corrected chi connectivity index (χ4v) is 2.02. The van der Waals surface area contributed by atoms with Crippen molar-refractivity contribution in [3.8, 4) is 17.0 Å². The first-order valence-electron chi connectivity index (χ1n) is 7.17. The van der Waals surface area contributed by atoms with Crippen LogP contribution in [-0.2, 0) is 4.74 Å². The molecule has 1 aromatic heterocycles. The van der Waals surface area contributed by atoms with E-state index < -0.39 is 5.69 Å². The van der Waals surface area contributed by atoms with E-state index in [4.69, 9.17) is 9.47 Å². The number of H-pyrrole nitrogens is 1. The van der Waals surface area contributed by atoms with Crippen molar-refractivity contribution in [2.24, 2.45) is 0 Å². The Kier molecular flexibility index (Phi) is 5.87. The van der Waals surface area contributed by atoms with Gasteiger partial charge in [-0.3, -0.25) is 4.79 Å². The zero-order valence-electron chi connectivity index (χ0n) is 13.1. The molecule has 0 aliphatic carbocycles. The van der Waals surface area contributed by atoms with E-state index in [-0.39, 0.29) is 11.6 Å². The summed E-state index contributed by atoms with van der Waals surface area (Å²) in [5.41, 5.74) is 0.700. The molecule has 1 amide bonds. The molecule has 1 aromatic carbocycles. The normalized spacial score (nSPS) is 10.3. The predicted molar refractivity (Wildman–Crippen MR) is 85.7 cm³/mol. The van der Waals surface area contributed by atoms with Crippen molar-refractivity contribution in [1.82, 2.24) is 15.3 Å². The van der Waals surface area contributed by atoms with E-state index in [0.717, 1.165) is 0 Å². The van der Waals surface area contributed by atoms with Crippen LogP contribution in [0, 0.1) is 0 Å². The average molecular weight is 317 g/mol. The second-order valence-electron chi connectivity index (χ2n) is 4.82. The summed E-state index contributed by atoms with van der Waals surface area (Å²) in [7, 11) is 3.16. The first-order valence-corrected chi connectivity index (χ1v) is 7.17. The Morgan fingerprint density at radius 2 is 2.13 bits per heavy atom. The van der Waals surface area contributed by atoms with Crippen LogP contribution in [-0.4, -0.2) is 43.2 Å². The number of nitrogens with one attached hydrogen (secondary N) is 2. The summed E-state index contributed by atoms with van der Waals surface area (Å²) < 4.78 is 10.1. The number of carbonyl (C=O) groups excluding carboxylic acids is 1. The zero-order valence-corrected chi connectivity index (χ0v) is 13.1. The van der Waals surface area contributed by atoms with Crippen LogP contribution in [0.5, 0.6) is 5.75 Å². The van der Waals surface area contributed by atoms with Gasteiger partial charge in [0.15, 0.2) is 0 Å². The van der Waals surface area contributed by atoms with E-state index in [0.29, 0.717) is 36.6 Å². The summed E-state index contributed by atoms with van der Waals surface area (Å²) in [6, 6.07) is 8.68. The van der Waals surface area contributed by atoms with Gasteiger partial charge in [-0.25, -0.2) is 4.79 Å². The number of rotatable bonds is 7. The molecule has 7 nitrogen and oxygen atoms in total. The van der Waals surface area contributed by atoms with Crippen molar-refractivity contribution in [3.63, 3.8) is 0 Å². The lowest BCUT2D eigenvalue weighted by Gasteiger charge is -2.07. The minimum atomic E-state index is -0.577. The van der Waals surface area contributed by atoms with E-state index in [1.165, 1.54) is 0 Å². The third-order valence-corrected chi connectivity index (χ3v) is 3.17. The standard InChI is InChI=1S/C16H19N3O4/c1-22-8-4-7-17-15(20)14-10-13(18-16(21)19-14)11-5-3-6-12(9-11)23-2/h3,5-6,9-10H,4,7-8H2,1-2H3,(H,17,20)(H,18,19,21). The predicted octanol–water partition coefficient (Wildman–Crippen LogP) is 1.21. The number of hydrogen-bond acceptors (Lipinski definition) is 5. The molecular weight excluding hydrogens is 298 g/mol. The highest BCUT2D eigenvalue weighted by molar-refractivity contribution is 5.93. The molecule has 7 heteroatoms. The largest absolute Gasteiger partial charge is 0.497 e. The van der Waals surface area contributed by atoms with E-state index in [9.17, 15) is 9.59 Å². The molecule has 0 spiro atoms. The number of amides is 1. The van der Waals surface area contributed by atoms with E-state index >= 15 is 0 Å². The van der Waals surface area contributed by atoms with Crippen molar-refractivity contribution in [2.45, 2.75) is 6.42 Å². The lowest BCUT2D eigenvalue weighted by atomic mass is 10.1. The Morgan fingerprint density at radius 1 is 1.30 bits per heavy atom. The van der Waals surface area contributed by atoms with Gasteiger partial charge >= 0.3 is 5.69 Å². The van der Waals surface area contributed by atoms with Gasteiger partial charge in [-0.2, -0.15) is 4.98 Å². The molecule has 0 atom stereocenters. The Bertz CT molecular complexity index is 727. The van der Waals surface area contributed by atoms with Crippen LogP contribution in [0.4, 0.5) is 0 Å². The van der Waals surface area contributed by atoms with Gasteiger partial charge in [-0.05, 0) is 24.6 Å². The molecule has 0 radical (unpaired) electrons. The van der Waals surface area contributed by atoms with Crippen LogP contribution in [0.25, 0.3) is 11.3 Å². The number of benzene rings is 1. The summed E-state index contributed by atoms with van der Waals surface area (Å²) in [5, 5.41) is 2.72. The van der Waals surface area contributed by atoms with Crippen molar-refractivity contribution in [1.29, 1.82) is 0 Å². The maximum atomic E-state index is 12.1. The number of carbonyl (C=O) groups is 1. The van der Waals surface area contributed by atoms with Gasteiger partial charge in [-0.1, -0.05) is 12.1 Å². The first kappa shape index (κ1) is 16.7. The molecule has 2 rings (SSSR count). The molecule has 122 valence electrons. The maximum absolute atomic E-state index is 12.1. The lowest BCUT2D eigenvalue weighted by molar-refractivity contribution is 0.0943. The molecule has 2 aromatic rings. The Balaban J connectivity index is 2.21. The Labute approximate surface area is 133 Å². The lowest BCUT2D eigenvalue weighted by Crippen LogP contribution is -2.28. The maximum Gasteiger partial charge on any atom is 0.346 e. The van der Waals surface area contributed by atoms with E-state index in [2.05, 4.69) is 15.3 Å². The average Bonchev–Trinajstić information content (AvgIpc) is 2.58. The third-order valence-electron chi connectivity index (χ3n) is 3.17. The number of aromatic amines is 1. The highest BCUT2D eigenvalue weighted by Gasteiger charge is 2.10. The molecular formula is C16H19N3O4. The van der Waals surface area contributed by atoms with Gasteiger partial charge in [0.05, 0.1) is 12.8 Å². The van der Waals surface area contributed by atoms with Crippen molar-refractivity contribution < 1.29 is 14.3 Å². The minimum Gasteiger partial charge on any atom is -0.497 e. The molecule has 0 unspecified atom stereocenters. The van der Waals surface area contributed by atoms with Crippen LogP contribution in [0.3, 0.4) is 0 Å².